The Hall–Kier alpha value is -0.310. The smallest absolute Gasteiger partial charge is 0.233 e. The van der Waals surface area contributed by atoms with Crippen molar-refractivity contribution in [2.45, 2.75) is 44.8 Å². The zero-order valence-corrected chi connectivity index (χ0v) is 9.86. The Bertz CT molecular complexity index is 219. The predicted molar refractivity (Wildman–Crippen MR) is 60.7 cm³/mol. The first-order valence-corrected chi connectivity index (χ1v) is 6.99. The van der Waals surface area contributed by atoms with Gasteiger partial charge in [0.05, 0.1) is 0 Å². The van der Waals surface area contributed by atoms with Crippen LogP contribution in [0.3, 0.4) is 0 Å². The standard InChI is InChI=1S/C11H19O2S/c1-3-10(13)11(9(2)12)14-7-5-4-6-8-14/h11H,3-8H2,1-2H3/q+1. The third-order valence-electron chi connectivity index (χ3n) is 2.66. The van der Waals surface area contributed by atoms with E-state index in [2.05, 4.69) is 0 Å². The lowest BCUT2D eigenvalue weighted by molar-refractivity contribution is -0.125. The molecular weight excluding hydrogens is 196 g/mol. The van der Waals surface area contributed by atoms with Gasteiger partial charge < -0.3 is 0 Å². The monoisotopic (exact) mass is 215 g/mol. The van der Waals surface area contributed by atoms with Crippen molar-refractivity contribution in [1.29, 1.82) is 0 Å². The van der Waals surface area contributed by atoms with Crippen molar-refractivity contribution in [3.8, 4) is 0 Å². The Morgan fingerprint density at radius 3 is 2.21 bits per heavy atom. The van der Waals surface area contributed by atoms with Crippen LogP contribution in [-0.2, 0) is 20.5 Å². The summed E-state index contributed by atoms with van der Waals surface area (Å²) in [5.74, 6) is 2.43. The van der Waals surface area contributed by atoms with E-state index in [1.54, 1.807) is 6.92 Å². The second-order valence-corrected chi connectivity index (χ2v) is 6.18. The summed E-state index contributed by atoms with van der Waals surface area (Å²) in [5.41, 5.74) is 0. The van der Waals surface area contributed by atoms with Gasteiger partial charge in [0.15, 0.2) is 11.6 Å². The molecule has 0 aromatic rings. The van der Waals surface area contributed by atoms with Crippen LogP contribution in [0.4, 0.5) is 0 Å². The van der Waals surface area contributed by atoms with Crippen molar-refractivity contribution in [3.63, 3.8) is 0 Å². The van der Waals surface area contributed by atoms with E-state index in [1.807, 2.05) is 6.92 Å². The van der Waals surface area contributed by atoms with Gasteiger partial charge in [0, 0.05) is 24.2 Å². The van der Waals surface area contributed by atoms with E-state index < -0.39 is 0 Å². The molecule has 14 heavy (non-hydrogen) atoms. The van der Waals surface area contributed by atoms with Crippen LogP contribution in [0, 0.1) is 0 Å². The fourth-order valence-corrected chi connectivity index (χ4v) is 4.76. The van der Waals surface area contributed by atoms with E-state index in [1.165, 1.54) is 19.3 Å². The molecule has 80 valence electrons. The number of carbonyl (C=O) groups is 2. The van der Waals surface area contributed by atoms with Gasteiger partial charge in [-0.3, -0.25) is 9.59 Å². The van der Waals surface area contributed by atoms with Gasteiger partial charge in [-0.1, -0.05) is 6.92 Å². The maximum Gasteiger partial charge on any atom is 0.233 e. The van der Waals surface area contributed by atoms with Crippen LogP contribution >= 0.6 is 0 Å². The zero-order valence-electron chi connectivity index (χ0n) is 9.04. The van der Waals surface area contributed by atoms with Crippen LogP contribution in [-0.4, -0.2) is 28.3 Å². The Morgan fingerprint density at radius 2 is 1.79 bits per heavy atom. The van der Waals surface area contributed by atoms with Gasteiger partial charge in [-0.05, 0) is 19.3 Å². The second kappa shape index (κ2) is 5.54. The molecule has 1 aliphatic rings. The molecule has 3 heteroatoms. The van der Waals surface area contributed by atoms with Gasteiger partial charge in [-0.2, -0.15) is 0 Å². The molecule has 1 saturated heterocycles. The number of rotatable bonds is 4. The third-order valence-corrected chi connectivity index (χ3v) is 5.54. The van der Waals surface area contributed by atoms with Crippen molar-refractivity contribution in [1.82, 2.24) is 0 Å². The molecule has 0 aromatic heterocycles. The van der Waals surface area contributed by atoms with Crippen LogP contribution < -0.4 is 0 Å². The summed E-state index contributed by atoms with van der Waals surface area (Å²) < 4.78 is 0. The molecule has 0 N–H and O–H groups in total. The molecule has 1 rings (SSSR count). The Balaban J connectivity index is 2.65. The summed E-state index contributed by atoms with van der Waals surface area (Å²) in [7, 11) is 0.0584. The summed E-state index contributed by atoms with van der Waals surface area (Å²) in [4.78, 5) is 23.1. The molecular formula is C11H19O2S+. The minimum absolute atomic E-state index is 0.0584. The number of carbonyl (C=O) groups excluding carboxylic acids is 2. The molecule has 0 saturated carbocycles. The minimum Gasteiger partial charge on any atom is -0.294 e. The van der Waals surface area contributed by atoms with E-state index in [-0.39, 0.29) is 27.7 Å². The van der Waals surface area contributed by atoms with E-state index >= 15 is 0 Å². The average molecular weight is 215 g/mol. The van der Waals surface area contributed by atoms with Crippen LogP contribution in [0.25, 0.3) is 0 Å². The molecule has 1 unspecified atom stereocenters. The first-order valence-electron chi connectivity index (χ1n) is 5.36. The predicted octanol–water partition coefficient (Wildman–Crippen LogP) is 1.73. The molecule has 1 fully saturated rings. The molecule has 0 aromatic carbocycles. The zero-order chi connectivity index (χ0) is 10.6. The van der Waals surface area contributed by atoms with Crippen molar-refractivity contribution < 1.29 is 9.59 Å². The van der Waals surface area contributed by atoms with Crippen LogP contribution in [0.2, 0.25) is 0 Å². The van der Waals surface area contributed by atoms with Crippen LogP contribution in [0.15, 0.2) is 0 Å². The SMILES string of the molecule is CCC(=O)C(C(C)=O)[S+]1CCCCC1. The fraction of sp³-hybridized carbons (Fsp3) is 0.818. The van der Waals surface area contributed by atoms with E-state index in [0.717, 1.165) is 11.5 Å². The van der Waals surface area contributed by atoms with Gasteiger partial charge in [-0.25, -0.2) is 0 Å². The highest BCUT2D eigenvalue weighted by molar-refractivity contribution is 7.98. The molecule has 1 aliphatic heterocycles. The van der Waals surface area contributed by atoms with Gasteiger partial charge in [0.2, 0.25) is 5.25 Å². The van der Waals surface area contributed by atoms with Crippen molar-refractivity contribution in [3.05, 3.63) is 0 Å². The summed E-state index contributed by atoms with van der Waals surface area (Å²) in [5, 5.41) is -0.264. The summed E-state index contributed by atoms with van der Waals surface area (Å²) in [6.07, 6.45) is 4.18. The Labute approximate surface area is 88.8 Å². The first kappa shape index (κ1) is 11.8. The van der Waals surface area contributed by atoms with E-state index in [9.17, 15) is 9.59 Å². The molecule has 1 heterocycles. The van der Waals surface area contributed by atoms with Crippen LogP contribution in [0.5, 0.6) is 0 Å². The normalized spacial score (nSPS) is 20.4. The molecule has 0 bridgehead atoms. The summed E-state index contributed by atoms with van der Waals surface area (Å²) in [6.45, 7) is 3.42. The molecule has 1 atom stereocenters. The number of ketones is 2. The molecule has 2 nitrogen and oxygen atoms in total. The number of hydrogen-bond donors (Lipinski definition) is 0. The molecule has 0 amide bonds. The van der Waals surface area contributed by atoms with Gasteiger partial charge >= 0.3 is 0 Å². The molecule has 0 spiro atoms. The largest absolute Gasteiger partial charge is 0.294 e. The van der Waals surface area contributed by atoms with Crippen LogP contribution in [0.1, 0.15) is 39.5 Å². The Kier molecular flexibility index (Phi) is 4.66. The van der Waals surface area contributed by atoms with E-state index in [0.29, 0.717) is 6.42 Å². The topological polar surface area (TPSA) is 34.1 Å². The highest BCUT2D eigenvalue weighted by Crippen LogP contribution is 2.20. The maximum atomic E-state index is 11.6. The number of hydrogen-bond acceptors (Lipinski definition) is 2. The van der Waals surface area contributed by atoms with Gasteiger partial charge in [0.1, 0.15) is 11.5 Å². The molecule has 0 aliphatic carbocycles. The minimum atomic E-state index is -0.264. The van der Waals surface area contributed by atoms with Gasteiger partial charge in [0.25, 0.3) is 0 Å². The Morgan fingerprint density at radius 1 is 1.21 bits per heavy atom. The lowest BCUT2D eigenvalue weighted by atomic mass is 10.2. The summed E-state index contributed by atoms with van der Waals surface area (Å²) >= 11 is 0. The van der Waals surface area contributed by atoms with Gasteiger partial charge in [-0.15, -0.1) is 0 Å². The lowest BCUT2D eigenvalue weighted by Crippen LogP contribution is -2.40. The third kappa shape index (κ3) is 2.84. The number of Topliss-reactive ketones (excluding diaryl/α,β-unsaturated/α-hetero) is 2. The second-order valence-electron chi connectivity index (χ2n) is 3.82. The summed E-state index contributed by atoms with van der Waals surface area (Å²) in [6, 6.07) is 0. The van der Waals surface area contributed by atoms with E-state index in [4.69, 9.17) is 0 Å². The highest BCUT2D eigenvalue weighted by atomic mass is 32.2. The lowest BCUT2D eigenvalue weighted by Gasteiger charge is -2.19. The first-order chi connectivity index (χ1) is 6.66. The van der Waals surface area contributed by atoms with Crippen molar-refractivity contribution in [2.24, 2.45) is 0 Å². The average Bonchev–Trinajstić information content (AvgIpc) is 2.19. The fourth-order valence-electron chi connectivity index (χ4n) is 1.92. The highest BCUT2D eigenvalue weighted by Gasteiger charge is 2.39. The molecule has 0 radical (unpaired) electrons. The maximum absolute atomic E-state index is 11.6. The van der Waals surface area contributed by atoms with Crippen molar-refractivity contribution in [2.75, 3.05) is 11.5 Å². The quantitative estimate of drug-likeness (QED) is 0.528. The van der Waals surface area contributed by atoms with Crippen molar-refractivity contribution >= 4 is 22.5 Å².